The second-order valence-corrected chi connectivity index (χ2v) is 14.8. The highest BCUT2D eigenvalue weighted by Crippen LogP contribution is 2.45. The van der Waals surface area contributed by atoms with Crippen LogP contribution >= 0.6 is 0 Å². The summed E-state index contributed by atoms with van der Waals surface area (Å²) in [5, 5.41) is 4.44. The summed E-state index contributed by atoms with van der Waals surface area (Å²) in [5.74, 6) is 0.569. The molecule has 5 nitrogen and oxygen atoms in total. The summed E-state index contributed by atoms with van der Waals surface area (Å²) in [7, 11) is 0. The Bertz CT molecular complexity index is 3260. The van der Waals surface area contributed by atoms with Gasteiger partial charge < -0.3 is 18.6 Å². The highest BCUT2D eigenvalue weighted by molar-refractivity contribution is 6.07. The molecule has 280 valence electrons. The van der Waals surface area contributed by atoms with E-state index in [1.807, 2.05) is 12.1 Å². The Morgan fingerprint density at radius 1 is 0.424 bits per heavy atom. The molecule has 0 bridgehead atoms. The number of hydrogen-bond acceptors (Lipinski definition) is 5. The van der Waals surface area contributed by atoms with Gasteiger partial charge in [0.2, 0.25) is 5.89 Å². The molecule has 5 heteroatoms. The maximum Gasteiger partial charge on any atom is 0.227 e. The van der Waals surface area contributed by atoms with Crippen molar-refractivity contribution in [3.63, 3.8) is 0 Å². The normalized spacial score (nSPS) is 11.5. The van der Waals surface area contributed by atoms with Crippen molar-refractivity contribution in [3.8, 4) is 22.6 Å². The molecule has 0 aliphatic heterocycles. The molecule has 9 aromatic carbocycles. The van der Waals surface area contributed by atoms with Gasteiger partial charge >= 0.3 is 0 Å². The van der Waals surface area contributed by atoms with Gasteiger partial charge in [-0.3, -0.25) is 0 Å². The van der Waals surface area contributed by atoms with Gasteiger partial charge in [-0.15, -0.1) is 0 Å². The van der Waals surface area contributed by atoms with Crippen molar-refractivity contribution in [1.82, 2.24) is 4.98 Å². The fourth-order valence-electron chi connectivity index (χ4n) is 8.30. The standard InChI is InChI=1S/C54H37N3O2/c1-4-17-38(18-5-1)46-25-13-12-20-41(46)36-56(42-21-6-2-7-22-42)50-35-45(34-49-53(50)59-54(55-49)40-29-28-37-16-10-11-19-39(37)32-40)57(43-23-8-3-9-24-43)44-30-31-52-48(33-44)47-26-14-15-27-51(47)58-52/h1-35H,36H2. The molecule has 2 heterocycles. The minimum absolute atomic E-state index is 0.569. The van der Waals surface area contributed by atoms with E-state index in [4.69, 9.17) is 13.8 Å². The predicted molar refractivity (Wildman–Crippen MR) is 243 cm³/mol. The molecular weight excluding hydrogens is 723 g/mol. The first kappa shape index (κ1) is 34.4. The largest absolute Gasteiger partial charge is 0.456 e. The van der Waals surface area contributed by atoms with Crippen LogP contribution in [0.4, 0.5) is 28.4 Å². The lowest BCUT2D eigenvalue weighted by Gasteiger charge is -2.30. The molecule has 0 N–H and O–H groups in total. The molecule has 59 heavy (non-hydrogen) atoms. The fraction of sp³-hybridized carbons (Fsp3) is 0.0185. The fourth-order valence-corrected chi connectivity index (χ4v) is 8.30. The van der Waals surface area contributed by atoms with E-state index in [0.717, 1.165) is 66.8 Å². The van der Waals surface area contributed by atoms with Gasteiger partial charge in [0.1, 0.15) is 16.7 Å². The highest BCUT2D eigenvalue weighted by Gasteiger charge is 2.24. The molecule has 11 rings (SSSR count). The number of nitrogens with zero attached hydrogens (tertiary/aromatic N) is 3. The number of oxazole rings is 1. The van der Waals surface area contributed by atoms with Crippen molar-refractivity contribution in [2.24, 2.45) is 0 Å². The molecule has 11 aromatic rings. The third-order valence-corrected chi connectivity index (χ3v) is 11.1. The monoisotopic (exact) mass is 759 g/mol. The van der Waals surface area contributed by atoms with Gasteiger partial charge in [-0.2, -0.15) is 0 Å². The number of anilines is 5. The first-order valence-corrected chi connectivity index (χ1v) is 19.9. The maximum atomic E-state index is 6.95. The summed E-state index contributed by atoms with van der Waals surface area (Å²) in [6, 6.07) is 74.2. The molecule has 2 aromatic heterocycles. The van der Waals surface area contributed by atoms with E-state index < -0.39 is 0 Å². The summed E-state index contributed by atoms with van der Waals surface area (Å²) in [6.07, 6.45) is 0. The second kappa shape index (κ2) is 14.6. The third kappa shape index (κ3) is 6.35. The highest BCUT2D eigenvalue weighted by atomic mass is 16.3. The lowest BCUT2D eigenvalue weighted by atomic mass is 9.99. The van der Waals surface area contributed by atoms with Crippen LogP contribution in [0.3, 0.4) is 0 Å². The summed E-state index contributed by atoms with van der Waals surface area (Å²) >= 11 is 0. The van der Waals surface area contributed by atoms with Crippen LogP contribution in [0.1, 0.15) is 5.56 Å². The Hall–Kier alpha value is -7.89. The van der Waals surface area contributed by atoms with Gasteiger partial charge in [-0.1, -0.05) is 140 Å². The van der Waals surface area contributed by atoms with Crippen molar-refractivity contribution in [2.75, 3.05) is 9.80 Å². The lowest BCUT2D eigenvalue weighted by molar-refractivity contribution is 0.619. The van der Waals surface area contributed by atoms with Gasteiger partial charge in [0.05, 0.1) is 11.4 Å². The average Bonchev–Trinajstić information content (AvgIpc) is 3.91. The number of para-hydroxylation sites is 3. The second-order valence-electron chi connectivity index (χ2n) is 14.8. The van der Waals surface area contributed by atoms with E-state index in [9.17, 15) is 0 Å². The van der Waals surface area contributed by atoms with Crippen LogP contribution < -0.4 is 9.80 Å². The first-order chi connectivity index (χ1) is 29.2. The molecule has 0 saturated heterocycles. The summed E-state index contributed by atoms with van der Waals surface area (Å²) in [4.78, 5) is 9.94. The SMILES string of the molecule is c1ccc(-c2ccccc2CN(c2ccccc2)c2cc(N(c3ccccc3)c3ccc4oc5ccccc5c4c3)cc3nc(-c4ccc5ccccc5c4)oc23)cc1. The van der Waals surface area contributed by atoms with Gasteiger partial charge in [0.15, 0.2) is 5.58 Å². The molecule has 0 radical (unpaired) electrons. The summed E-state index contributed by atoms with van der Waals surface area (Å²) < 4.78 is 13.2. The molecule has 0 atom stereocenters. The number of fused-ring (bicyclic) bond motifs is 5. The zero-order chi connectivity index (χ0) is 39.1. The maximum absolute atomic E-state index is 6.95. The molecule has 0 fully saturated rings. The van der Waals surface area contributed by atoms with E-state index >= 15 is 0 Å². The van der Waals surface area contributed by atoms with Crippen molar-refractivity contribution in [2.45, 2.75) is 6.54 Å². The van der Waals surface area contributed by atoms with E-state index in [1.54, 1.807) is 0 Å². The smallest absolute Gasteiger partial charge is 0.227 e. The number of hydrogen-bond donors (Lipinski definition) is 0. The molecule has 0 spiro atoms. The van der Waals surface area contributed by atoms with Crippen LogP contribution in [0, 0.1) is 0 Å². The Labute approximate surface area is 341 Å². The summed E-state index contributed by atoms with van der Waals surface area (Å²) in [5.41, 5.74) is 12.6. The third-order valence-electron chi connectivity index (χ3n) is 11.1. The molecule has 0 aliphatic carbocycles. The van der Waals surface area contributed by atoms with Gasteiger partial charge in [-0.25, -0.2) is 4.98 Å². The molecule has 0 unspecified atom stereocenters. The van der Waals surface area contributed by atoms with E-state index in [0.29, 0.717) is 18.0 Å². The molecule has 0 amide bonds. The van der Waals surface area contributed by atoms with Gasteiger partial charge in [0.25, 0.3) is 0 Å². The quantitative estimate of drug-likeness (QED) is 0.147. The minimum Gasteiger partial charge on any atom is -0.456 e. The van der Waals surface area contributed by atoms with Crippen LogP contribution in [-0.2, 0) is 6.54 Å². The van der Waals surface area contributed by atoms with Crippen LogP contribution in [0.25, 0.3) is 66.4 Å². The van der Waals surface area contributed by atoms with Gasteiger partial charge in [0, 0.05) is 39.9 Å². The first-order valence-electron chi connectivity index (χ1n) is 19.9. The number of aromatic nitrogens is 1. The van der Waals surface area contributed by atoms with Crippen LogP contribution in [0.5, 0.6) is 0 Å². The molecule has 0 aliphatic rings. The Morgan fingerprint density at radius 2 is 1.10 bits per heavy atom. The Kier molecular flexibility index (Phi) is 8.48. The van der Waals surface area contributed by atoms with Crippen molar-refractivity contribution in [3.05, 3.63) is 218 Å². The number of rotatable bonds is 9. The molecular formula is C54H37N3O2. The van der Waals surface area contributed by atoms with E-state index in [1.165, 1.54) is 22.1 Å². The average molecular weight is 760 g/mol. The predicted octanol–water partition coefficient (Wildman–Crippen LogP) is 15.0. The minimum atomic E-state index is 0.569. The van der Waals surface area contributed by atoms with Crippen LogP contribution in [-0.4, -0.2) is 4.98 Å². The zero-order valence-electron chi connectivity index (χ0n) is 32.1. The van der Waals surface area contributed by atoms with Crippen molar-refractivity contribution in [1.29, 1.82) is 0 Å². The Morgan fingerprint density at radius 3 is 1.93 bits per heavy atom. The lowest BCUT2D eigenvalue weighted by Crippen LogP contribution is -2.18. The molecule has 0 saturated carbocycles. The number of furan rings is 1. The zero-order valence-corrected chi connectivity index (χ0v) is 32.1. The Balaban J connectivity index is 1.16. The van der Waals surface area contributed by atoms with Crippen LogP contribution in [0.2, 0.25) is 0 Å². The van der Waals surface area contributed by atoms with Crippen molar-refractivity contribution >= 4 is 72.2 Å². The number of benzene rings is 9. The summed E-state index contributed by atoms with van der Waals surface area (Å²) in [6.45, 7) is 0.581. The van der Waals surface area contributed by atoms with Crippen LogP contribution in [0.15, 0.2) is 221 Å². The van der Waals surface area contributed by atoms with E-state index in [-0.39, 0.29) is 0 Å². The van der Waals surface area contributed by atoms with Crippen molar-refractivity contribution < 1.29 is 8.83 Å². The van der Waals surface area contributed by atoms with Gasteiger partial charge in [-0.05, 0) is 100 Å². The van der Waals surface area contributed by atoms with E-state index in [2.05, 4.69) is 210 Å². The topological polar surface area (TPSA) is 45.7 Å².